The standard InChI is InChI=1S/C35H48N4O7/c1-6-24-28-18-39(29(24)21(2)40)32(41)30(34(3)19-44-20-34)38-33(42)46-35(4)16-10-12-22(35)11-8-7-9-13-26-31(45-28)37-27-17-23(43-5)14-15-25(27)36-26/h14-15,17,22,24,28-30H,6-13,16,18-20H2,1-5H3,(H,38,42)/t22-,24-,28+,29-,30-,35-/m1/s1. The number of fused-ring (bicyclic) bond motifs is 5. The van der Waals surface area contributed by atoms with Crippen LogP contribution in [0.15, 0.2) is 18.2 Å². The normalized spacial score (nSPS) is 31.8. The molecule has 2 saturated heterocycles. The summed E-state index contributed by atoms with van der Waals surface area (Å²) in [5, 5.41) is 2.95. The lowest BCUT2D eigenvalue weighted by molar-refractivity contribution is -0.158. The SMILES string of the molecule is CC[C@@H]1[C@@H]2CN(C(=O)[C@H](C3(C)COC3)NC(=O)O[C@]3(C)CCC[C@H]3CCCCCc3nc4ccc(OC)cc4nc3O2)[C@@H]1C(C)=O. The number of amides is 2. The zero-order chi connectivity index (χ0) is 32.6. The lowest BCUT2D eigenvalue weighted by Gasteiger charge is -2.45. The molecule has 1 aromatic heterocycles. The predicted molar refractivity (Wildman–Crippen MR) is 171 cm³/mol. The molecule has 2 bridgehead atoms. The number of ketones is 1. The number of hydrogen-bond acceptors (Lipinski definition) is 9. The molecule has 2 amide bonds. The van der Waals surface area contributed by atoms with Gasteiger partial charge in [-0.05, 0) is 76.8 Å². The molecule has 0 radical (unpaired) electrons. The first kappa shape index (κ1) is 32.5. The van der Waals surface area contributed by atoms with Crippen molar-refractivity contribution in [1.82, 2.24) is 20.2 Å². The van der Waals surface area contributed by atoms with Crippen molar-refractivity contribution in [3.8, 4) is 11.6 Å². The van der Waals surface area contributed by atoms with Crippen molar-refractivity contribution in [3.63, 3.8) is 0 Å². The Morgan fingerprint density at radius 2 is 1.87 bits per heavy atom. The molecular weight excluding hydrogens is 588 g/mol. The van der Waals surface area contributed by atoms with Crippen LogP contribution < -0.4 is 14.8 Å². The highest BCUT2D eigenvalue weighted by molar-refractivity contribution is 5.93. The lowest BCUT2D eigenvalue weighted by Crippen LogP contribution is -2.64. The molecule has 0 spiro atoms. The van der Waals surface area contributed by atoms with Gasteiger partial charge in [-0.2, -0.15) is 0 Å². The van der Waals surface area contributed by atoms with Crippen LogP contribution in [-0.4, -0.2) is 83.3 Å². The molecule has 11 heteroatoms. The molecule has 1 N–H and O–H groups in total. The fourth-order valence-corrected chi connectivity index (χ4v) is 8.12. The van der Waals surface area contributed by atoms with E-state index in [1.165, 1.54) is 6.92 Å². The predicted octanol–water partition coefficient (Wildman–Crippen LogP) is 5.02. The number of alkyl carbamates (subject to hydrolysis) is 1. The molecule has 6 rings (SSSR count). The van der Waals surface area contributed by atoms with E-state index >= 15 is 0 Å². The molecule has 4 heterocycles. The van der Waals surface area contributed by atoms with Crippen molar-refractivity contribution < 1.29 is 33.3 Å². The minimum atomic E-state index is -0.919. The summed E-state index contributed by atoms with van der Waals surface area (Å²) in [5.74, 6) is 0.640. The van der Waals surface area contributed by atoms with Gasteiger partial charge in [-0.25, -0.2) is 14.8 Å². The Bertz CT molecular complexity index is 1480. The zero-order valence-electron chi connectivity index (χ0n) is 27.8. The van der Waals surface area contributed by atoms with E-state index in [1.54, 1.807) is 12.0 Å². The van der Waals surface area contributed by atoms with Gasteiger partial charge in [-0.15, -0.1) is 0 Å². The van der Waals surface area contributed by atoms with Crippen molar-refractivity contribution >= 4 is 28.8 Å². The number of aryl methyl sites for hydroxylation is 1. The van der Waals surface area contributed by atoms with Crippen LogP contribution in [0, 0.1) is 17.3 Å². The van der Waals surface area contributed by atoms with Gasteiger partial charge >= 0.3 is 6.09 Å². The van der Waals surface area contributed by atoms with Crippen LogP contribution in [0.3, 0.4) is 0 Å². The average molecular weight is 637 g/mol. The van der Waals surface area contributed by atoms with Crippen molar-refractivity contribution in [3.05, 3.63) is 23.9 Å². The van der Waals surface area contributed by atoms with Crippen LogP contribution in [0.1, 0.15) is 84.8 Å². The van der Waals surface area contributed by atoms with Crippen molar-refractivity contribution in [2.75, 3.05) is 26.9 Å². The number of carbonyl (C=O) groups excluding carboxylic acids is 3. The van der Waals surface area contributed by atoms with Gasteiger partial charge in [0.1, 0.15) is 29.2 Å². The first-order valence-electron chi connectivity index (χ1n) is 16.9. The van der Waals surface area contributed by atoms with E-state index in [0.29, 0.717) is 43.2 Å². The number of nitrogens with zero attached hydrogens (tertiary/aromatic N) is 3. The number of benzene rings is 1. The topological polar surface area (TPSA) is 129 Å². The van der Waals surface area contributed by atoms with Crippen LogP contribution in [0.2, 0.25) is 0 Å². The number of ether oxygens (including phenoxy) is 4. The summed E-state index contributed by atoms with van der Waals surface area (Å²) in [7, 11) is 1.61. The Labute approximate surface area is 271 Å². The number of hydrogen-bond donors (Lipinski definition) is 1. The first-order valence-corrected chi connectivity index (χ1v) is 16.9. The van der Waals surface area contributed by atoms with Gasteiger partial charge in [-0.1, -0.05) is 26.7 Å². The maximum Gasteiger partial charge on any atom is 0.408 e. The fourth-order valence-electron chi connectivity index (χ4n) is 8.12. The molecular formula is C35H48N4O7. The Kier molecular flexibility index (Phi) is 9.15. The van der Waals surface area contributed by atoms with Crippen molar-refractivity contribution in [2.45, 2.75) is 109 Å². The molecule has 0 unspecified atom stereocenters. The van der Waals surface area contributed by atoms with E-state index in [-0.39, 0.29) is 30.1 Å². The molecule has 11 nitrogen and oxygen atoms in total. The number of methoxy groups -OCH3 is 1. The van der Waals surface area contributed by atoms with E-state index in [1.807, 2.05) is 39.0 Å². The second-order valence-electron chi connectivity index (χ2n) is 14.2. The Morgan fingerprint density at radius 3 is 2.57 bits per heavy atom. The molecule has 2 aromatic rings. The monoisotopic (exact) mass is 636 g/mol. The molecule has 3 aliphatic heterocycles. The number of nitrogens with one attached hydrogen (secondary N) is 1. The van der Waals surface area contributed by atoms with Crippen LogP contribution >= 0.6 is 0 Å². The van der Waals surface area contributed by atoms with E-state index in [2.05, 4.69) is 5.32 Å². The van der Waals surface area contributed by atoms with Crippen molar-refractivity contribution in [1.29, 1.82) is 0 Å². The highest BCUT2D eigenvalue weighted by atomic mass is 16.6. The largest absolute Gasteiger partial charge is 0.497 e. The van der Waals surface area contributed by atoms with Gasteiger partial charge in [0.2, 0.25) is 11.8 Å². The van der Waals surface area contributed by atoms with E-state index in [0.717, 1.165) is 56.2 Å². The highest BCUT2D eigenvalue weighted by Gasteiger charge is 2.54. The van der Waals surface area contributed by atoms with E-state index < -0.39 is 35.3 Å². The van der Waals surface area contributed by atoms with Crippen LogP contribution in [0.5, 0.6) is 11.6 Å². The minimum Gasteiger partial charge on any atom is -0.497 e. The molecule has 1 aromatic carbocycles. The van der Waals surface area contributed by atoms with E-state index in [4.69, 9.17) is 28.9 Å². The number of carbonyl (C=O) groups is 3. The number of rotatable bonds is 4. The van der Waals surface area contributed by atoms with Gasteiger partial charge in [0, 0.05) is 17.4 Å². The van der Waals surface area contributed by atoms with Gasteiger partial charge in [-0.3, -0.25) is 9.59 Å². The fraction of sp³-hybridized carbons (Fsp3) is 0.686. The van der Waals surface area contributed by atoms with Gasteiger partial charge in [0.15, 0.2) is 5.78 Å². The molecule has 6 atom stereocenters. The lowest BCUT2D eigenvalue weighted by atomic mass is 9.79. The molecule has 1 aliphatic carbocycles. The smallest absolute Gasteiger partial charge is 0.408 e. The molecule has 3 fully saturated rings. The van der Waals surface area contributed by atoms with Gasteiger partial charge in [0.25, 0.3) is 0 Å². The van der Waals surface area contributed by atoms with Gasteiger partial charge in [0.05, 0.1) is 43.9 Å². The molecule has 250 valence electrons. The second kappa shape index (κ2) is 13.0. The molecule has 46 heavy (non-hydrogen) atoms. The Morgan fingerprint density at radius 1 is 1.09 bits per heavy atom. The molecule has 4 aliphatic rings. The first-order chi connectivity index (χ1) is 22.0. The molecule has 1 saturated carbocycles. The van der Waals surface area contributed by atoms with Crippen LogP contribution in [0.4, 0.5) is 4.79 Å². The third-order valence-corrected chi connectivity index (χ3v) is 10.9. The summed E-state index contributed by atoms with van der Waals surface area (Å²) < 4.78 is 23.8. The summed E-state index contributed by atoms with van der Waals surface area (Å²) in [6.07, 6.45) is 6.87. The Balaban J connectivity index is 1.39. The van der Waals surface area contributed by atoms with Gasteiger partial charge < -0.3 is 29.2 Å². The summed E-state index contributed by atoms with van der Waals surface area (Å²) >= 11 is 0. The maximum absolute atomic E-state index is 14.5. The third kappa shape index (κ3) is 6.14. The summed E-state index contributed by atoms with van der Waals surface area (Å²) in [6.45, 7) is 8.30. The van der Waals surface area contributed by atoms with E-state index in [9.17, 15) is 14.4 Å². The number of aromatic nitrogens is 2. The summed E-state index contributed by atoms with van der Waals surface area (Å²) in [5.41, 5.74) is 0.959. The second-order valence-corrected chi connectivity index (χ2v) is 14.2. The van der Waals surface area contributed by atoms with Crippen LogP contribution in [0.25, 0.3) is 11.0 Å². The van der Waals surface area contributed by atoms with Crippen LogP contribution in [-0.2, 0) is 25.5 Å². The minimum absolute atomic E-state index is 0.121. The zero-order valence-corrected chi connectivity index (χ0v) is 27.8. The Hall–Kier alpha value is -3.47. The highest BCUT2D eigenvalue weighted by Crippen LogP contribution is 2.42. The maximum atomic E-state index is 14.5. The third-order valence-electron chi connectivity index (χ3n) is 10.9. The quantitative estimate of drug-likeness (QED) is 0.492. The summed E-state index contributed by atoms with van der Waals surface area (Å²) in [4.78, 5) is 52.8. The summed E-state index contributed by atoms with van der Waals surface area (Å²) in [6, 6.07) is 4.00. The average Bonchev–Trinajstić information content (AvgIpc) is 3.57. The number of Topliss-reactive ketones (excluding diaryl/α,β-unsaturated/α-hetero) is 1. The van der Waals surface area contributed by atoms with Crippen molar-refractivity contribution in [2.24, 2.45) is 17.3 Å².